The second-order valence-corrected chi connectivity index (χ2v) is 5.30. The van der Waals surface area contributed by atoms with Crippen molar-refractivity contribution in [1.29, 1.82) is 0 Å². The molecule has 0 saturated heterocycles. The lowest BCUT2D eigenvalue weighted by atomic mass is 10.2. The number of carbonyl (C=O) groups excluding carboxylic acids is 2. The lowest BCUT2D eigenvalue weighted by Gasteiger charge is -2.06. The minimum atomic E-state index is -0.596. The highest BCUT2D eigenvalue weighted by atomic mass is 35.5. The molecule has 0 radical (unpaired) electrons. The fraction of sp³-hybridized carbons (Fsp3) is 0.0769. The SMILES string of the molecule is NC(=O)c1ccc(NC(=O)Cc2cccs2)cc1Cl. The zero-order chi connectivity index (χ0) is 13.8. The van der Waals surface area contributed by atoms with Gasteiger partial charge < -0.3 is 11.1 Å². The van der Waals surface area contributed by atoms with E-state index in [1.807, 2.05) is 17.5 Å². The van der Waals surface area contributed by atoms with Crippen LogP contribution >= 0.6 is 22.9 Å². The van der Waals surface area contributed by atoms with Gasteiger partial charge in [0, 0.05) is 10.6 Å². The van der Waals surface area contributed by atoms with Crippen LogP contribution in [-0.2, 0) is 11.2 Å². The summed E-state index contributed by atoms with van der Waals surface area (Å²) in [5.74, 6) is -0.730. The molecule has 2 aromatic rings. The fourth-order valence-electron chi connectivity index (χ4n) is 1.57. The van der Waals surface area contributed by atoms with Gasteiger partial charge in [-0.05, 0) is 29.6 Å². The molecule has 19 heavy (non-hydrogen) atoms. The number of carbonyl (C=O) groups is 2. The number of halogens is 1. The second-order valence-electron chi connectivity index (χ2n) is 3.86. The van der Waals surface area contributed by atoms with E-state index < -0.39 is 5.91 Å². The molecule has 0 aliphatic heterocycles. The van der Waals surface area contributed by atoms with Crippen molar-refractivity contribution in [2.45, 2.75) is 6.42 Å². The first kappa shape index (κ1) is 13.6. The Labute approximate surface area is 119 Å². The molecule has 2 amide bonds. The highest BCUT2D eigenvalue weighted by Gasteiger charge is 2.09. The molecule has 3 N–H and O–H groups in total. The van der Waals surface area contributed by atoms with E-state index >= 15 is 0 Å². The van der Waals surface area contributed by atoms with E-state index in [0.717, 1.165) is 4.88 Å². The number of anilines is 1. The maximum atomic E-state index is 11.8. The summed E-state index contributed by atoms with van der Waals surface area (Å²) in [4.78, 5) is 23.8. The van der Waals surface area contributed by atoms with E-state index in [4.69, 9.17) is 17.3 Å². The first-order valence-corrected chi connectivity index (χ1v) is 6.73. The van der Waals surface area contributed by atoms with Crippen LogP contribution in [-0.4, -0.2) is 11.8 Å². The van der Waals surface area contributed by atoms with Gasteiger partial charge in [0.05, 0.1) is 17.0 Å². The summed E-state index contributed by atoms with van der Waals surface area (Å²) >= 11 is 7.42. The molecule has 0 aliphatic rings. The van der Waals surface area contributed by atoms with Gasteiger partial charge in [0.25, 0.3) is 0 Å². The number of rotatable bonds is 4. The second kappa shape index (κ2) is 5.86. The van der Waals surface area contributed by atoms with Crippen LogP contribution in [0.2, 0.25) is 5.02 Å². The van der Waals surface area contributed by atoms with Gasteiger partial charge in [-0.2, -0.15) is 0 Å². The van der Waals surface area contributed by atoms with Crippen molar-refractivity contribution in [2.75, 3.05) is 5.32 Å². The minimum Gasteiger partial charge on any atom is -0.366 e. The Hall–Kier alpha value is -1.85. The normalized spacial score (nSPS) is 10.2. The number of nitrogens with one attached hydrogen (secondary N) is 1. The number of thiophene rings is 1. The number of amides is 2. The van der Waals surface area contributed by atoms with E-state index in [9.17, 15) is 9.59 Å². The summed E-state index contributed by atoms with van der Waals surface area (Å²) in [5, 5.41) is 4.86. The van der Waals surface area contributed by atoms with Crippen molar-refractivity contribution in [3.05, 3.63) is 51.2 Å². The molecule has 0 atom stereocenters. The molecule has 1 heterocycles. The highest BCUT2D eigenvalue weighted by Crippen LogP contribution is 2.21. The van der Waals surface area contributed by atoms with Gasteiger partial charge in [0.15, 0.2) is 0 Å². The van der Waals surface area contributed by atoms with Crippen molar-refractivity contribution in [3.63, 3.8) is 0 Å². The number of benzene rings is 1. The summed E-state index contributed by atoms with van der Waals surface area (Å²) in [6, 6.07) is 8.39. The Morgan fingerprint density at radius 1 is 1.32 bits per heavy atom. The van der Waals surface area contributed by atoms with E-state index in [1.165, 1.54) is 23.5 Å². The third-order valence-electron chi connectivity index (χ3n) is 2.43. The van der Waals surface area contributed by atoms with Crippen molar-refractivity contribution < 1.29 is 9.59 Å². The monoisotopic (exact) mass is 294 g/mol. The molecule has 0 fully saturated rings. The average molecular weight is 295 g/mol. The van der Waals surface area contributed by atoms with Gasteiger partial charge in [0.2, 0.25) is 11.8 Å². The van der Waals surface area contributed by atoms with Crippen LogP contribution in [0, 0.1) is 0 Å². The standard InChI is InChI=1S/C13H11ClN2O2S/c14-11-6-8(3-4-10(11)13(15)18)16-12(17)7-9-2-1-5-19-9/h1-6H,7H2,(H2,15,18)(H,16,17). The van der Waals surface area contributed by atoms with Crippen LogP contribution < -0.4 is 11.1 Å². The first-order chi connectivity index (χ1) is 9.06. The summed E-state index contributed by atoms with van der Waals surface area (Å²) in [6.45, 7) is 0. The quantitative estimate of drug-likeness (QED) is 0.910. The van der Waals surface area contributed by atoms with Gasteiger partial charge >= 0.3 is 0 Å². The Bertz CT molecular complexity index is 611. The predicted octanol–water partition coefficient (Wildman–Crippen LogP) is 2.68. The summed E-state index contributed by atoms with van der Waals surface area (Å²) in [7, 11) is 0. The van der Waals surface area contributed by atoms with E-state index in [2.05, 4.69) is 5.32 Å². The predicted molar refractivity (Wildman–Crippen MR) is 76.6 cm³/mol. The topological polar surface area (TPSA) is 72.2 Å². The number of hydrogen-bond acceptors (Lipinski definition) is 3. The molecule has 1 aromatic carbocycles. The Kier molecular flexibility index (Phi) is 4.19. The molecule has 0 spiro atoms. The minimum absolute atomic E-state index is 0.134. The van der Waals surface area contributed by atoms with Crippen molar-refractivity contribution in [2.24, 2.45) is 5.73 Å². The Morgan fingerprint density at radius 2 is 2.11 bits per heavy atom. The third kappa shape index (κ3) is 3.56. The van der Waals surface area contributed by atoms with Crippen LogP contribution in [0.25, 0.3) is 0 Å². The molecule has 0 bridgehead atoms. The molecule has 2 rings (SSSR count). The molecule has 0 aliphatic carbocycles. The molecular weight excluding hydrogens is 284 g/mol. The van der Waals surface area contributed by atoms with Crippen molar-refractivity contribution in [3.8, 4) is 0 Å². The van der Waals surface area contributed by atoms with Gasteiger partial charge in [0.1, 0.15) is 0 Å². The van der Waals surface area contributed by atoms with Crippen molar-refractivity contribution in [1.82, 2.24) is 0 Å². The van der Waals surface area contributed by atoms with Gasteiger partial charge in [-0.15, -0.1) is 11.3 Å². The Morgan fingerprint density at radius 3 is 2.68 bits per heavy atom. The smallest absolute Gasteiger partial charge is 0.250 e. The maximum Gasteiger partial charge on any atom is 0.250 e. The van der Waals surface area contributed by atoms with E-state index in [1.54, 1.807) is 6.07 Å². The zero-order valence-corrected chi connectivity index (χ0v) is 11.4. The molecule has 6 heteroatoms. The molecule has 0 saturated carbocycles. The summed E-state index contributed by atoms with van der Waals surface area (Å²) in [5.41, 5.74) is 5.92. The molecule has 0 unspecified atom stereocenters. The van der Waals surface area contributed by atoms with Gasteiger partial charge in [-0.25, -0.2) is 0 Å². The van der Waals surface area contributed by atoms with Gasteiger partial charge in [-0.1, -0.05) is 17.7 Å². The van der Waals surface area contributed by atoms with E-state index in [0.29, 0.717) is 12.1 Å². The van der Waals surface area contributed by atoms with E-state index in [-0.39, 0.29) is 16.5 Å². The molecule has 1 aromatic heterocycles. The number of hydrogen-bond donors (Lipinski definition) is 2. The van der Waals surface area contributed by atoms with Crippen LogP contribution in [0.1, 0.15) is 15.2 Å². The third-order valence-corrected chi connectivity index (χ3v) is 3.62. The fourth-order valence-corrected chi connectivity index (χ4v) is 2.55. The van der Waals surface area contributed by atoms with Crippen LogP contribution in [0.15, 0.2) is 35.7 Å². The molecule has 4 nitrogen and oxygen atoms in total. The lowest BCUT2D eigenvalue weighted by Crippen LogP contribution is -2.15. The molecular formula is C13H11ClN2O2S. The Balaban J connectivity index is 2.05. The summed E-state index contributed by atoms with van der Waals surface area (Å²) in [6.07, 6.45) is 0.312. The maximum absolute atomic E-state index is 11.8. The number of primary amides is 1. The van der Waals surface area contributed by atoms with Crippen LogP contribution in [0.5, 0.6) is 0 Å². The van der Waals surface area contributed by atoms with Crippen LogP contribution in [0.4, 0.5) is 5.69 Å². The first-order valence-electron chi connectivity index (χ1n) is 5.48. The van der Waals surface area contributed by atoms with Gasteiger partial charge in [-0.3, -0.25) is 9.59 Å². The number of nitrogens with two attached hydrogens (primary N) is 1. The average Bonchev–Trinajstić information content (AvgIpc) is 2.81. The lowest BCUT2D eigenvalue weighted by molar-refractivity contribution is -0.115. The molecule has 98 valence electrons. The zero-order valence-electron chi connectivity index (χ0n) is 9.85. The highest BCUT2D eigenvalue weighted by molar-refractivity contribution is 7.10. The van der Waals surface area contributed by atoms with Crippen molar-refractivity contribution >= 4 is 40.4 Å². The largest absolute Gasteiger partial charge is 0.366 e. The van der Waals surface area contributed by atoms with Crippen LogP contribution in [0.3, 0.4) is 0 Å². The summed E-state index contributed by atoms with van der Waals surface area (Å²) < 4.78 is 0.